The van der Waals surface area contributed by atoms with Gasteiger partial charge in [-0.2, -0.15) is 0 Å². The molecule has 3 nitrogen and oxygen atoms in total. The molecule has 114 valence electrons. The van der Waals surface area contributed by atoms with Crippen molar-refractivity contribution >= 4 is 5.69 Å². The Morgan fingerprint density at radius 1 is 1.18 bits per heavy atom. The van der Waals surface area contributed by atoms with Crippen molar-refractivity contribution in [2.75, 3.05) is 18.4 Å². The molecule has 0 unspecified atom stereocenters. The average Bonchev–Trinajstić information content (AvgIpc) is 3.06. The molecule has 1 saturated heterocycles. The molecule has 3 heteroatoms. The van der Waals surface area contributed by atoms with Gasteiger partial charge in [-0.05, 0) is 43.9 Å². The van der Waals surface area contributed by atoms with E-state index in [9.17, 15) is 5.11 Å². The van der Waals surface area contributed by atoms with E-state index in [0.29, 0.717) is 6.04 Å². The Bertz CT molecular complexity index is 715. The molecule has 1 aromatic carbocycles. The van der Waals surface area contributed by atoms with Crippen LogP contribution in [0.15, 0.2) is 36.4 Å². The number of rotatable bonds is 0. The molecule has 5 atom stereocenters. The Balaban J connectivity index is 1.70. The lowest BCUT2D eigenvalue weighted by Gasteiger charge is -2.67. The SMILES string of the molecule is O[C@H]1C[C@@]23CC[C@@]14C=CCN1CC[C@]2(c2ccccc2N3)[C@H]14. The fraction of sp³-hybridized carbons (Fsp3) is 0.579. The van der Waals surface area contributed by atoms with Gasteiger partial charge in [0.15, 0.2) is 0 Å². The van der Waals surface area contributed by atoms with Gasteiger partial charge in [0.1, 0.15) is 0 Å². The third kappa shape index (κ3) is 0.993. The predicted molar refractivity (Wildman–Crippen MR) is 85.9 cm³/mol. The van der Waals surface area contributed by atoms with E-state index in [2.05, 4.69) is 46.6 Å². The second kappa shape index (κ2) is 3.44. The van der Waals surface area contributed by atoms with Crippen molar-refractivity contribution in [3.8, 4) is 0 Å². The van der Waals surface area contributed by atoms with Crippen molar-refractivity contribution in [3.05, 3.63) is 42.0 Å². The molecule has 2 N–H and O–H groups in total. The number of hydrogen-bond acceptors (Lipinski definition) is 3. The zero-order valence-electron chi connectivity index (χ0n) is 12.8. The van der Waals surface area contributed by atoms with Crippen LogP contribution in [0.25, 0.3) is 0 Å². The second-order valence-electron chi connectivity index (χ2n) is 8.11. The van der Waals surface area contributed by atoms with Crippen molar-refractivity contribution in [2.45, 2.75) is 48.8 Å². The highest BCUT2D eigenvalue weighted by atomic mass is 16.3. The van der Waals surface area contributed by atoms with E-state index in [0.717, 1.165) is 19.4 Å². The van der Waals surface area contributed by atoms with E-state index < -0.39 is 0 Å². The van der Waals surface area contributed by atoms with Crippen LogP contribution in [0.3, 0.4) is 0 Å². The lowest BCUT2D eigenvalue weighted by molar-refractivity contribution is -0.131. The van der Waals surface area contributed by atoms with Crippen LogP contribution in [-0.2, 0) is 5.41 Å². The summed E-state index contributed by atoms with van der Waals surface area (Å²) in [5.41, 5.74) is 3.10. The summed E-state index contributed by atoms with van der Waals surface area (Å²) in [4.78, 5) is 2.65. The zero-order valence-corrected chi connectivity index (χ0v) is 12.8. The van der Waals surface area contributed by atoms with E-state index in [-0.39, 0.29) is 22.5 Å². The average molecular weight is 294 g/mol. The van der Waals surface area contributed by atoms with Gasteiger partial charge in [0.2, 0.25) is 0 Å². The largest absolute Gasteiger partial charge is 0.392 e. The number of nitrogens with zero attached hydrogens (tertiary/aromatic N) is 1. The molecule has 3 aliphatic carbocycles. The molecule has 4 fully saturated rings. The summed E-state index contributed by atoms with van der Waals surface area (Å²) in [6, 6.07) is 9.40. The number of aliphatic hydroxyl groups is 1. The maximum atomic E-state index is 11.0. The van der Waals surface area contributed by atoms with Crippen LogP contribution in [0.2, 0.25) is 0 Å². The summed E-state index contributed by atoms with van der Waals surface area (Å²) in [5.74, 6) is 0. The topological polar surface area (TPSA) is 35.5 Å². The Morgan fingerprint density at radius 2 is 2.09 bits per heavy atom. The molecule has 3 aliphatic heterocycles. The van der Waals surface area contributed by atoms with Crippen molar-refractivity contribution in [1.29, 1.82) is 0 Å². The maximum Gasteiger partial charge on any atom is 0.0668 e. The van der Waals surface area contributed by atoms with Crippen molar-refractivity contribution in [3.63, 3.8) is 0 Å². The molecule has 3 saturated carbocycles. The molecule has 0 radical (unpaired) electrons. The molecule has 1 aromatic rings. The van der Waals surface area contributed by atoms with Gasteiger partial charge in [0.25, 0.3) is 0 Å². The van der Waals surface area contributed by atoms with E-state index in [1.165, 1.54) is 30.6 Å². The van der Waals surface area contributed by atoms with Gasteiger partial charge in [0.05, 0.1) is 11.6 Å². The number of benzene rings is 1. The van der Waals surface area contributed by atoms with E-state index in [1.807, 2.05) is 0 Å². The Kier molecular flexibility index (Phi) is 1.90. The van der Waals surface area contributed by atoms with Gasteiger partial charge in [-0.3, -0.25) is 4.90 Å². The minimum atomic E-state index is -0.210. The molecule has 0 amide bonds. The minimum Gasteiger partial charge on any atom is -0.392 e. The fourth-order valence-corrected chi connectivity index (χ4v) is 7.03. The summed E-state index contributed by atoms with van der Waals surface area (Å²) < 4.78 is 0. The van der Waals surface area contributed by atoms with Gasteiger partial charge >= 0.3 is 0 Å². The molecule has 2 bridgehead atoms. The standard InChI is InChI=1S/C19H22N2O/c22-15-12-18-8-7-17(15)6-3-10-21-11-9-19(18,16(17)21)13-4-1-2-5-14(13)20-18/h1-6,15-16,20,22H,7-12H2/t15-,16+,17-,18-,19-/m0/s1. The molecule has 22 heavy (non-hydrogen) atoms. The predicted octanol–water partition coefficient (Wildman–Crippen LogP) is 2.28. The third-order valence-corrected chi connectivity index (χ3v) is 7.69. The van der Waals surface area contributed by atoms with Crippen LogP contribution >= 0.6 is 0 Å². The van der Waals surface area contributed by atoms with Crippen LogP contribution < -0.4 is 5.32 Å². The quantitative estimate of drug-likeness (QED) is 0.721. The van der Waals surface area contributed by atoms with Crippen molar-refractivity contribution < 1.29 is 5.11 Å². The first-order valence-electron chi connectivity index (χ1n) is 8.69. The number of hydrogen-bond donors (Lipinski definition) is 2. The first-order valence-corrected chi connectivity index (χ1v) is 8.69. The Labute approximate surface area is 131 Å². The summed E-state index contributed by atoms with van der Waals surface area (Å²) in [6.07, 6.45) is 8.93. The summed E-state index contributed by atoms with van der Waals surface area (Å²) in [6.45, 7) is 2.22. The molecular weight excluding hydrogens is 272 g/mol. The molecular formula is C19H22N2O. The fourth-order valence-electron chi connectivity index (χ4n) is 7.03. The lowest BCUT2D eigenvalue weighted by atomic mass is 9.42. The minimum absolute atomic E-state index is 0.0182. The molecule has 3 heterocycles. The van der Waals surface area contributed by atoms with Gasteiger partial charge in [-0.1, -0.05) is 30.4 Å². The van der Waals surface area contributed by atoms with Crippen LogP contribution in [0.4, 0.5) is 5.69 Å². The molecule has 6 aliphatic rings. The summed E-state index contributed by atoms with van der Waals surface area (Å²) in [7, 11) is 0. The zero-order chi connectivity index (χ0) is 14.6. The van der Waals surface area contributed by atoms with Gasteiger partial charge in [-0.25, -0.2) is 0 Å². The third-order valence-electron chi connectivity index (χ3n) is 7.69. The smallest absolute Gasteiger partial charge is 0.0668 e. The van der Waals surface area contributed by atoms with Crippen LogP contribution in [0, 0.1) is 5.41 Å². The van der Waals surface area contributed by atoms with Gasteiger partial charge < -0.3 is 10.4 Å². The Morgan fingerprint density at radius 3 is 3.00 bits per heavy atom. The molecule has 0 aromatic heterocycles. The van der Waals surface area contributed by atoms with Crippen LogP contribution in [0.5, 0.6) is 0 Å². The summed E-state index contributed by atoms with van der Waals surface area (Å²) in [5, 5.41) is 15.0. The number of nitrogens with one attached hydrogen (secondary N) is 1. The van der Waals surface area contributed by atoms with Crippen molar-refractivity contribution in [1.82, 2.24) is 4.90 Å². The monoisotopic (exact) mass is 294 g/mol. The number of aliphatic hydroxyl groups excluding tert-OH is 1. The normalized spacial score (nSPS) is 50.4. The number of para-hydroxylation sites is 1. The molecule has 7 rings (SSSR count). The highest BCUT2D eigenvalue weighted by Crippen LogP contribution is 2.71. The molecule has 3 spiro atoms. The highest BCUT2D eigenvalue weighted by molar-refractivity contribution is 5.68. The van der Waals surface area contributed by atoms with E-state index in [4.69, 9.17) is 0 Å². The van der Waals surface area contributed by atoms with Crippen molar-refractivity contribution in [2.24, 2.45) is 5.41 Å². The van der Waals surface area contributed by atoms with E-state index >= 15 is 0 Å². The summed E-state index contributed by atoms with van der Waals surface area (Å²) >= 11 is 0. The van der Waals surface area contributed by atoms with E-state index in [1.54, 1.807) is 0 Å². The maximum absolute atomic E-state index is 11.0. The lowest BCUT2D eigenvalue weighted by Crippen LogP contribution is -2.76. The van der Waals surface area contributed by atoms with Gasteiger partial charge in [-0.15, -0.1) is 0 Å². The second-order valence-corrected chi connectivity index (χ2v) is 8.11. The highest BCUT2D eigenvalue weighted by Gasteiger charge is 2.76. The first-order chi connectivity index (χ1) is 10.7. The van der Waals surface area contributed by atoms with Crippen LogP contribution in [0.1, 0.15) is 31.2 Å². The van der Waals surface area contributed by atoms with Gasteiger partial charge in [0, 0.05) is 29.1 Å². The Hall–Kier alpha value is -1.32. The van der Waals surface area contributed by atoms with Crippen LogP contribution in [-0.4, -0.2) is 40.8 Å². The number of fused-ring (bicyclic) bond motifs is 3. The number of anilines is 1. The first kappa shape index (κ1) is 12.1.